The van der Waals surface area contributed by atoms with Gasteiger partial charge in [-0.15, -0.1) is 0 Å². The summed E-state index contributed by atoms with van der Waals surface area (Å²) in [5.74, 6) is -2.46. The van der Waals surface area contributed by atoms with Gasteiger partial charge in [0.25, 0.3) is 5.92 Å². The van der Waals surface area contributed by atoms with Crippen LogP contribution in [0.4, 0.5) is 14.5 Å². The number of nitrogens with two attached hydrogens (primary N) is 1. The molecule has 1 heterocycles. The van der Waals surface area contributed by atoms with Crippen LogP contribution in [0.2, 0.25) is 0 Å². The molecular weight excluding hydrogens is 228 g/mol. The van der Waals surface area contributed by atoms with Crippen LogP contribution < -0.4 is 10.5 Å². The Labute approximate surface area is 97.0 Å². The summed E-state index contributed by atoms with van der Waals surface area (Å²) in [7, 11) is 1.45. The highest BCUT2D eigenvalue weighted by Gasteiger charge is 2.24. The van der Waals surface area contributed by atoms with Gasteiger partial charge in [-0.3, -0.25) is 4.68 Å². The van der Waals surface area contributed by atoms with E-state index in [9.17, 15) is 8.78 Å². The van der Waals surface area contributed by atoms with Gasteiger partial charge in [-0.2, -0.15) is 5.10 Å². The van der Waals surface area contributed by atoms with Gasteiger partial charge in [0, 0.05) is 12.3 Å². The molecule has 0 radical (unpaired) electrons. The lowest BCUT2D eigenvalue weighted by Crippen LogP contribution is -2.20. The van der Waals surface area contributed by atoms with Crippen LogP contribution in [-0.2, 0) is 6.54 Å². The maximum Gasteiger partial charge on any atom is 0.264 e. The van der Waals surface area contributed by atoms with E-state index in [2.05, 4.69) is 5.10 Å². The van der Waals surface area contributed by atoms with Crippen molar-refractivity contribution in [2.24, 2.45) is 0 Å². The van der Waals surface area contributed by atoms with Crippen molar-refractivity contribution in [3.05, 3.63) is 18.3 Å². The van der Waals surface area contributed by atoms with Crippen LogP contribution in [0.3, 0.4) is 0 Å². The molecule has 2 rings (SSSR count). The van der Waals surface area contributed by atoms with Gasteiger partial charge in [0.05, 0.1) is 19.0 Å². The molecule has 0 saturated carbocycles. The zero-order valence-corrected chi connectivity index (χ0v) is 9.58. The Balaban J connectivity index is 2.61. The maximum atomic E-state index is 13.0. The molecule has 92 valence electrons. The van der Waals surface area contributed by atoms with Crippen molar-refractivity contribution in [1.29, 1.82) is 0 Å². The summed E-state index contributed by atoms with van der Waals surface area (Å²) in [6, 6.07) is 3.39. The number of benzene rings is 1. The van der Waals surface area contributed by atoms with Gasteiger partial charge >= 0.3 is 0 Å². The fourth-order valence-corrected chi connectivity index (χ4v) is 1.76. The van der Waals surface area contributed by atoms with E-state index in [0.29, 0.717) is 17.0 Å². The highest BCUT2D eigenvalue weighted by Crippen LogP contribution is 2.32. The van der Waals surface area contributed by atoms with E-state index >= 15 is 0 Å². The fraction of sp³-hybridized carbons (Fsp3) is 0.364. The first-order chi connectivity index (χ1) is 7.92. The summed E-state index contributed by atoms with van der Waals surface area (Å²) in [4.78, 5) is 0. The Hall–Kier alpha value is -1.85. The van der Waals surface area contributed by atoms with E-state index in [1.807, 2.05) is 0 Å². The Morgan fingerprint density at radius 3 is 2.76 bits per heavy atom. The second kappa shape index (κ2) is 3.87. The second-order valence-electron chi connectivity index (χ2n) is 4.00. The molecule has 2 aromatic rings. The summed E-state index contributed by atoms with van der Waals surface area (Å²) in [6.07, 6.45) is 1.52. The molecule has 2 N–H and O–H groups in total. The molecule has 0 aliphatic carbocycles. The lowest BCUT2D eigenvalue weighted by atomic mass is 10.2. The maximum absolute atomic E-state index is 13.0. The molecule has 1 aromatic carbocycles. The molecule has 0 aliphatic rings. The van der Waals surface area contributed by atoms with Gasteiger partial charge in [-0.05, 0) is 12.1 Å². The zero-order valence-electron chi connectivity index (χ0n) is 9.58. The SMILES string of the molecule is COc1c(N)ccc2cnn(CC(C)(F)F)c12. The number of hydrogen-bond donors (Lipinski definition) is 1. The molecule has 0 atom stereocenters. The van der Waals surface area contributed by atoms with Gasteiger partial charge in [0.2, 0.25) is 0 Å². The van der Waals surface area contributed by atoms with Crippen molar-refractivity contribution in [2.45, 2.75) is 19.4 Å². The van der Waals surface area contributed by atoms with Crippen molar-refractivity contribution in [1.82, 2.24) is 9.78 Å². The number of fused-ring (bicyclic) bond motifs is 1. The molecule has 0 amide bonds. The molecule has 17 heavy (non-hydrogen) atoms. The van der Waals surface area contributed by atoms with Crippen LogP contribution in [0, 0.1) is 0 Å². The van der Waals surface area contributed by atoms with E-state index in [4.69, 9.17) is 10.5 Å². The van der Waals surface area contributed by atoms with Crippen molar-refractivity contribution >= 4 is 16.6 Å². The average molecular weight is 241 g/mol. The van der Waals surface area contributed by atoms with E-state index < -0.39 is 12.5 Å². The third-order valence-electron chi connectivity index (χ3n) is 2.42. The second-order valence-corrected chi connectivity index (χ2v) is 4.00. The normalized spacial score (nSPS) is 12.0. The number of halogens is 2. The minimum absolute atomic E-state index is 0.379. The lowest BCUT2D eigenvalue weighted by Gasteiger charge is -2.13. The molecule has 0 fully saturated rings. The lowest BCUT2D eigenvalue weighted by molar-refractivity contribution is 0.00176. The average Bonchev–Trinajstić information content (AvgIpc) is 2.59. The van der Waals surface area contributed by atoms with Crippen LogP contribution >= 0.6 is 0 Å². The first-order valence-electron chi connectivity index (χ1n) is 5.08. The van der Waals surface area contributed by atoms with Gasteiger partial charge < -0.3 is 10.5 Å². The van der Waals surface area contributed by atoms with Gasteiger partial charge in [-0.1, -0.05) is 0 Å². The summed E-state index contributed by atoms with van der Waals surface area (Å²) < 4.78 is 32.4. The van der Waals surface area contributed by atoms with E-state index in [-0.39, 0.29) is 0 Å². The number of rotatable bonds is 3. The molecule has 6 heteroatoms. The number of methoxy groups -OCH3 is 1. The predicted octanol–water partition coefficient (Wildman–Crippen LogP) is 2.28. The summed E-state index contributed by atoms with van der Waals surface area (Å²) in [5.41, 5.74) is 6.63. The van der Waals surface area contributed by atoms with Crippen LogP contribution in [0.5, 0.6) is 5.75 Å². The van der Waals surface area contributed by atoms with Crippen molar-refractivity contribution in [3.8, 4) is 5.75 Å². The largest absolute Gasteiger partial charge is 0.492 e. The number of aromatic nitrogens is 2. The molecule has 0 aliphatic heterocycles. The van der Waals surface area contributed by atoms with Crippen molar-refractivity contribution in [3.63, 3.8) is 0 Å². The molecule has 1 aromatic heterocycles. The standard InChI is InChI=1S/C11H13F2N3O/c1-11(12,13)6-16-9-7(5-15-16)3-4-8(14)10(9)17-2/h3-5H,6,14H2,1-2H3. The smallest absolute Gasteiger partial charge is 0.264 e. The van der Waals surface area contributed by atoms with Crippen molar-refractivity contribution < 1.29 is 13.5 Å². The quantitative estimate of drug-likeness (QED) is 0.839. The summed E-state index contributed by atoms with van der Waals surface area (Å²) in [6.45, 7) is 0.343. The third-order valence-corrected chi connectivity index (χ3v) is 2.42. The zero-order chi connectivity index (χ0) is 12.6. The topological polar surface area (TPSA) is 53.1 Å². The van der Waals surface area contributed by atoms with Gasteiger partial charge in [-0.25, -0.2) is 8.78 Å². The Bertz CT molecular complexity index is 545. The monoisotopic (exact) mass is 241 g/mol. The van der Waals surface area contributed by atoms with Crippen LogP contribution in [0.25, 0.3) is 10.9 Å². The van der Waals surface area contributed by atoms with E-state index in [1.165, 1.54) is 18.0 Å². The first-order valence-corrected chi connectivity index (χ1v) is 5.08. The van der Waals surface area contributed by atoms with E-state index in [0.717, 1.165) is 12.3 Å². The molecule has 0 spiro atoms. The molecule has 4 nitrogen and oxygen atoms in total. The molecular formula is C11H13F2N3O. The Morgan fingerprint density at radius 1 is 1.47 bits per heavy atom. The molecule has 0 saturated heterocycles. The number of anilines is 1. The highest BCUT2D eigenvalue weighted by molar-refractivity contribution is 5.89. The Kier molecular flexibility index (Phi) is 2.65. The summed E-state index contributed by atoms with van der Waals surface area (Å²) >= 11 is 0. The van der Waals surface area contributed by atoms with Crippen LogP contribution in [-0.4, -0.2) is 22.8 Å². The minimum Gasteiger partial charge on any atom is -0.492 e. The third kappa shape index (κ3) is 2.15. The fourth-order valence-electron chi connectivity index (χ4n) is 1.76. The number of ether oxygens (including phenoxy) is 1. The molecule has 0 unspecified atom stereocenters. The predicted molar refractivity (Wildman–Crippen MR) is 61.3 cm³/mol. The molecule has 0 bridgehead atoms. The first kappa shape index (κ1) is 11.6. The van der Waals surface area contributed by atoms with Crippen LogP contribution in [0.1, 0.15) is 6.92 Å². The van der Waals surface area contributed by atoms with Crippen molar-refractivity contribution in [2.75, 3.05) is 12.8 Å². The number of nitrogen functional groups attached to an aromatic ring is 1. The number of hydrogen-bond acceptors (Lipinski definition) is 3. The van der Waals surface area contributed by atoms with E-state index in [1.54, 1.807) is 12.1 Å². The number of nitrogens with zero attached hydrogens (tertiary/aromatic N) is 2. The highest BCUT2D eigenvalue weighted by atomic mass is 19.3. The number of alkyl halides is 2. The Morgan fingerprint density at radius 2 is 2.18 bits per heavy atom. The van der Waals surface area contributed by atoms with Gasteiger partial charge in [0.15, 0.2) is 5.75 Å². The summed E-state index contributed by atoms with van der Waals surface area (Å²) in [5, 5.41) is 4.65. The van der Waals surface area contributed by atoms with Gasteiger partial charge in [0.1, 0.15) is 12.1 Å². The minimum atomic E-state index is -2.84. The van der Waals surface area contributed by atoms with Crippen LogP contribution in [0.15, 0.2) is 18.3 Å².